The van der Waals surface area contributed by atoms with Gasteiger partial charge in [0, 0.05) is 25.5 Å². The lowest BCUT2D eigenvalue weighted by Crippen LogP contribution is -2.09. The van der Waals surface area contributed by atoms with E-state index in [1.54, 1.807) is 18.6 Å². The Morgan fingerprint density at radius 2 is 2.04 bits per heavy atom. The minimum atomic E-state index is 0.764. The molecule has 0 atom stereocenters. The van der Waals surface area contributed by atoms with Crippen molar-refractivity contribution in [3.63, 3.8) is 0 Å². The molecule has 0 saturated carbocycles. The van der Waals surface area contributed by atoms with E-state index in [1.165, 1.54) is 5.52 Å². The van der Waals surface area contributed by atoms with Crippen LogP contribution in [0.15, 0.2) is 55.4 Å². The van der Waals surface area contributed by atoms with Gasteiger partial charge in [-0.15, -0.1) is 0 Å². The minimum Gasteiger partial charge on any atom is -0.369 e. The lowest BCUT2D eigenvalue weighted by molar-refractivity contribution is 0.676. The molecule has 25 heavy (non-hydrogen) atoms. The van der Waals surface area contributed by atoms with Crippen LogP contribution in [0, 0.1) is 6.92 Å². The van der Waals surface area contributed by atoms with Crippen LogP contribution in [0.1, 0.15) is 12.2 Å². The predicted molar refractivity (Wildman–Crippen MR) is 96.7 cm³/mol. The maximum Gasteiger partial charge on any atom is 0.159 e. The molecule has 0 aliphatic rings. The van der Waals surface area contributed by atoms with Gasteiger partial charge in [-0.1, -0.05) is 12.1 Å². The third kappa shape index (κ3) is 3.21. The number of fused-ring (bicyclic) bond motifs is 1. The summed E-state index contributed by atoms with van der Waals surface area (Å²) in [5.74, 6) is 2.42. The fourth-order valence-corrected chi connectivity index (χ4v) is 2.83. The van der Waals surface area contributed by atoms with Gasteiger partial charge in [0.2, 0.25) is 0 Å². The largest absolute Gasteiger partial charge is 0.369 e. The number of anilines is 1. The van der Waals surface area contributed by atoms with E-state index < -0.39 is 0 Å². The van der Waals surface area contributed by atoms with Crippen LogP contribution >= 0.6 is 0 Å². The Labute approximate surface area is 145 Å². The highest BCUT2D eigenvalue weighted by Gasteiger charge is 2.04. The number of rotatable bonds is 6. The molecule has 1 N–H and O–H groups in total. The second-order valence-corrected chi connectivity index (χ2v) is 5.81. The summed E-state index contributed by atoms with van der Waals surface area (Å²) in [6, 6.07) is 8.17. The fourth-order valence-electron chi connectivity index (χ4n) is 2.83. The molecule has 0 radical (unpaired) electrons. The molecule has 0 spiro atoms. The molecule has 126 valence electrons. The van der Waals surface area contributed by atoms with Gasteiger partial charge in [0.05, 0.1) is 29.8 Å². The summed E-state index contributed by atoms with van der Waals surface area (Å²) in [6.07, 6.45) is 9.98. The number of nitrogens with one attached hydrogen (secondary N) is 1. The summed E-state index contributed by atoms with van der Waals surface area (Å²) >= 11 is 0. The van der Waals surface area contributed by atoms with Crippen molar-refractivity contribution in [1.29, 1.82) is 0 Å². The van der Waals surface area contributed by atoms with E-state index in [9.17, 15) is 0 Å². The van der Waals surface area contributed by atoms with Crippen molar-refractivity contribution in [2.45, 2.75) is 19.9 Å². The molecule has 3 heterocycles. The van der Waals surface area contributed by atoms with Crippen LogP contribution in [0.4, 0.5) is 5.82 Å². The van der Waals surface area contributed by atoms with Crippen molar-refractivity contribution >= 4 is 16.9 Å². The number of nitrogens with zero attached hydrogens (tertiary/aromatic N) is 6. The smallest absolute Gasteiger partial charge is 0.159 e. The van der Waals surface area contributed by atoms with Gasteiger partial charge in [-0.2, -0.15) is 0 Å². The molecule has 0 unspecified atom stereocenters. The molecular formula is C18H19N7. The van der Waals surface area contributed by atoms with Crippen molar-refractivity contribution in [2.24, 2.45) is 0 Å². The van der Waals surface area contributed by atoms with Crippen molar-refractivity contribution in [3.8, 4) is 5.82 Å². The normalized spacial score (nSPS) is 11.1. The lowest BCUT2D eigenvalue weighted by atomic mass is 10.3. The highest BCUT2D eigenvalue weighted by atomic mass is 15.2. The van der Waals surface area contributed by atoms with E-state index in [-0.39, 0.29) is 0 Å². The lowest BCUT2D eigenvalue weighted by Gasteiger charge is -2.09. The number of aryl methyl sites for hydroxylation is 2. The van der Waals surface area contributed by atoms with Crippen LogP contribution in [0.25, 0.3) is 16.9 Å². The molecular weight excluding hydrogens is 314 g/mol. The summed E-state index contributed by atoms with van der Waals surface area (Å²) in [6.45, 7) is 3.66. The molecule has 0 fully saturated rings. The zero-order valence-electron chi connectivity index (χ0n) is 14.0. The molecule has 7 heteroatoms. The number of benzene rings is 1. The number of hydrogen-bond donors (Lipinski definition) is 1. The van der Waals surface area contributed by atoms with Crippen molar-refractivity contribution < 1.29 is 0 Å². The maximum atomic E-state index is 4.59. The van der Waals surface area contributed by atoms with E-state index in [0.717, 1.165) is 42.5 Å². The number of imidazole rings is 2. The van der Waals surface area contributed by atoms with E-state index in [4.69, 9.17) is 0 Å². The minimum absolute atomic E-state index is 0.764. The first kappa shape index (κ1) is 15.3. The van der Waals surface area contributed by atoms with E-state index in [1.807, 2.05) is 42.2 Å². The van der Waals surface area contributed by atoms with Crippen molar-refractivity contribution in [1.82, 2.24) is 29.1 Å². The molecule has 0 aliphatic carbocycles. The molecule has 7 nitrogen and oxygen atoms in total. The van der Waals surface area contributed by atoms with Gasteiger partial charge >= 0.3 is 0 Å². The first-order valence-corrected chi connectivity index (χ1v) is 8.27. The molecule has 0 aliphatic heterocycles. The average Bonchev–Trinajstić information content (AvgIpc) is 3.25. The molecule has 4 aromatic rings. The van der Waals surface area contributed by atoms with Crippen LogP contribution in [0.2, 0.25) is 0 Å². The maximum absolute atomic E-state index is 4.59. The van der Waals surface area contributed by atoms with Crippen LogP contribution in [0.3, 0.4) is 0 Å². The molecule has 0 saturated heterocycles. The molecule has 0 amide bonds. The van der Waals surface area contributed by atoms with Crippen LogP contribution in [0.5, 0.6) is 0 Å². The van der Waals surface area contributed by atoms with Gasteiger partial charge < -0.3 is 9.88 Å². The Balaban J connectivity index is 1.37. The van der Waals surface area contributed by atoms with Gasteiger partial charge in [-0.25, -0.2) is 15.0 Å². The summed E-state index contributed by atoms with van der Waals surface area (Å²) < 4.78 is 4.09. The first-order valence-electron chi connectivity index (χ1n) is 8.27. The van der Waals surface area contributed by atoms with Gasteiger partial charge in [-0.05, 0) is 25.5 Å². The van der Waals surface area contributed by atoms with E-state index in [2.05, 4.69) is 35.9 Å². The van der Waals surface area contributed by atoms with Crippen molar-refractivity contribution in [3.05, 3.63) is 61.2 Å². The van der Waals surface area contributed by atoms with Gasteiger partial charge in [0.25, 0.3) is 0 Å². The SMILES string of the molecule is Cc1nccn1-c1cncc(NCCCn2cnc3ccccc32)n1. The number of aromatic nitrogens is 6. The summed E-state index contributed by atoms with van der Waals surface area (Å²) in [4.78, 5) is 17.5. The summed E-state index contributed by atoms with van der Waals surface area (Å²) in [5, 5.41) is 3.34. The Kier molecular flexibility index (Phi) is 4.12. The van der Waals surface area contributed by atoms with Gasteiger partial charge in [-0.3, -0.25) is 9.55 Å². The van der Waals surface area contributed by atoms with Crippen LogP contribution in [-0.4, -0.2) is 35.6 Å². The summed E-state index contributed by atoms with van der Waals surface area (Å²) in [5.41, 5.74) is 2.20. The molecule has 3 aromatic heterocycles. The standard InChI is InChI=1S/C18H19N7/c1-14-20-8-10-25(14)18-12-19-11-17(23-18)21-7-4-9-24-13-22-15-5-2-3-6-16(15)24/h2-3,5-6,8,10-13H,4,7,9H2,1H3,(H,21,23). The van der Waals surface area contributed by atoms with Gasteiger partial charge in [0.1, 0.15) is 11.6 Å². The number of hydrogen-bond acceptors (Lipinski definition) is 5. The summed E-state index contributed by atoms with van der Waals surface area (Å²) in [7, 11) is 0. The molecule has 1 aromatic carbocycles. The second-order valence-electron chi connectivity index (χ2n) is 5.81. The average molecular weight is 333 g/mol. The molecule has 4 rings (SSSR count). The van der Waals surface area contributed by atoms with E-state index in [0.29, 0.717) is 0 Å². The quantitative estimate of drug-likeness (QED) is 0.549. The Bertz CT molecular complexity index is 986. The zero-order chi connectivity index (χ0) is 17.1. The topological polar surface area (TPSA) is 73.5 Å². The Hall–Kier alpha value is -3.22. The number of para-hydroxylation sites is 2. The van der Waals surface area contributed by atoms with Crippen molar-refractivity contribution in [2.75, 3.05) is 11.9 Å². The highest BCUT2D eigenvalue weighted by Crippen LogP contribution is 2.13. The van der Waals surface area contributed by atoms with E-state index >= 15 is 0 Å². The van der Waals surface area contributed by atoms with Crippen LogP contribution in [-0.2, 0) is 6.54 Å². The predicted octanol–water partition coefficient (Wildman–Crippen LogP) is 2.82. The third-order valence-corrected chi connectivity index (χ3v) is 4.10. The highest BCUT2D eigenvalue weighted by molar-refractivity contribution is 5.74. The zero-order valence-corrected chi connectivity index (χ0v) is 14.0. The second kappa shape index (κ2) is 6.72. The monoisotopic (exact) mass is 333 g/mol. The Morgan fingerprint density at radius 3 is 2.92 bits per heavy atom. The van der Waals surface area contributed by atoms with Crippen LogP contribution < -0.4 is 5.32 Å². The van der Waals surface area contributed by atoms with Gasteiger partial charge in [0.15, 0.2) is 5.82 Å². The molecule has 0 bridgehead atoms. The fraction of sp³-hybridized carbons (Fsp3) is 0.222. The Morgan fingerprint density at radius 1 is 1.12 bits per heavy atom. The third-order valence-electron chi connectivity index (χ3n) is 4.10. The first-order chi connectivity index (χ1) is 12.3.